The van der Waals surface area contributed by atoms with Crippen LogP contribution in [0.25, 0.3) is 0 Å². The topological polar surface area (TPSA) is 55.3 Å². The highest BCUT2D eigenvalue weighted by Crippen LogP contribution is 2.37. The molecule has 0 aliphatic carbocycles. The Morgan fingerprint density at radius 3 is 2.86 bits per heavy atom. The Morgan fingerprint density at radius 1 is 1.41 bits per heavy atom. The van der Waals surface area contributed by atoms with Crippen molar-refractivity contribution in [3.05, 3.63) is 45.1 Å². The van der Waals surface area contributed by atoms with Gasteiger partial charge in [0.25, 0.3) is 0 Å². The Bertz CT molecular complexity index is 587. The summed E-state index contributed by atoms with van der Waals surface area (Å²) in [4.78, 5) is 1.13. The van der Waals surface area contributed by atoms with Gasteiger partial charge in [-0.2, -0.15) is 0 Å². The molecule has 0 aliphatic rings. The van der Waals surface area contributed by atoms with E-state index in [-0.39, 0.29) is 6.10 Å². The molecule has 0 amide bonds. The summed E-state index contributed by atoms with van der Waals surface area (Å²) in [5.41, 5.74) is 1.03. The number of hydrogen-bond acceptors (Lipinski definition) is 4. The van der Waals surface area contributed by atoms with E-state index in [0.29, 0.717) is 29.7 Å². The van der Waals surface area contributed by atoms with Crippen molar-refractivity contribution in [1.29, 1.82) is 0 Å². The summed E-state index contributed by atoms with van der Waals surface area (Å²) in [6.45, 7) is 3.62. The number of benzene rings is 1. The van der Waals surface area contributed by atoms with Crippen LogP contribution in [0.2, 0.25) is 5.02 Å². The van der Waals surface area contributed by atoms with E-state index in [0.717, 1.165) is 17.0 Å². The number of quaternary nitrogens is 1. The Morgan fingerprint density at radius 2 is 2.23 bits per heavy atom. The zero-order valence-corrected chi connectivity index (χ0v) is 14.3. The number of aliphatic hydroxyl groups is 1. The molecule has 0 unspecified atom stereocenters. The second-order valence-electron chi connectivity index (χ2n) is 5.05. The molecular weight excluding hydrogens is 322 g/mol. The van der Waals surface area contributed by atoms with E-state index in [9.17, 15) is 5.11 Å². The van der Waals surface area contributed by atoms with Gasteiger partial charge in [-0.15, -0.1) is 11.3 Å². The van der Waals surface area contributed by atoms with E-state index in [1.54, 1.807) is 25.4 Å². The predicted octanol–water partition coefficient (Wildman–Crippen LogP) is 2.43. The number of thiophene rings is 1. The van der Waals surface area contributed by atoms with Crippen LogP contribution in [0.3, 0.4) is 0 Å². The van der Waals surface area contributed by atoms with Gasteiger partial charge in [0, 0.05) is 10.4 Å². The lowest BCUT2D eigenvalue weighted by atomic mass is 10.2. The first-order valence-electron chi connectivity index (χ1n) is 7.11. The maximum atomic E-state index is 9.29. The van der Waals surface area contributed by atoms with Crippen molar-refractivity contribution >= 4 is 22.9 Å². The lowest BCUT2D eigenvalue weighted by molar-refractivity contribution is -0.676. The molecule has 0 spiro atoms. The zero-order valence-electron chi connectivity index (χ0n) is 12.7. The third-order valence-electron chi connectivity index (χ3n) is 3.12. The molecule has 0 bridgehead atoms. The zero-order chi connectivity index (χ0) is 15.9. The van der Waals surface area contributed by atoms with Gasteiger partial charge in [0.05, 0.1) is 18.2 Å². The van der Waals surface area contributed by atoms with Gasteiger partial charge in [0.2, 0.25) is 0 Å². The molecule has 4 nitrogen and oxygen atoms in total. The molecule has 6 heteroatoms. The van der Waals surface area contributed by atoms with Gasteiger partial charge < -0.3 is 19.9 Å². The summed E-state index contributed by atoms with van der Waals surface area (Å²) in [5.74, 6) is 1.20. The molecule has 2 rings (SSSR count). The van der Waals surface area contributed by atoms with Crippen LogP contribution in [0.4, 0.5) is 0 Å². The summed E-state index contributed by atoms with van der Waals surface area (Å²) < 4.78 is 11.2. The minimum atomic E-state index is -0.328. The molecule has 2 aromatic rings. The molecule has 0 aliphatic heterocycles. The van der Waals surface area contributed by atoms with Crippen molar-refractivity contribution in [1.82, 2.24) is 0 Å². The summed E-state index contributed by atoms with van der Waals surface area (Å²) in [6, 6.07) is 7.81. The van der Waals surface area contributed by atoms with E-state index in [1.165, 1.54) is 0 Å². The predicted molar refractivity (Wildman–Crippen MR) is 88.8 cm³/mol. The first-order valence-corrected chi connectivity index (χ1v) is 8.37. The number of ether oxygens (including phenoxy) is 2. The van der Waals surface area contributed by atoms with Crippen molar-refractivity contribution < 1.29 is 19.9 Å². The largest absolute Gasteiger partial charge is 0.493 e. The molecule has 0 saturated heterocycles. The summed E-state index contributed by atoms with van der Waals surface area (Å²) in [5, 5.41) is 13.9. The number of aliphatic hydroxyl groups excluding tert-OH is 1. The summed E-state index contributed by atoms with van der Waals surface area (Å²) >= 11 is 7.97. The van der Waals surface area contributed by atoms with Crippen LogP contribution in [-0.4, -0.2) is 24.9 Å². The molecule has 1 aromatic carbocycles. The monoisotopic (exact) mass is 342 g/mol. The average Bonchev–Trinajstić information content (AvgIpc) is 2.98. The standard InChI is InChI=1S/C16H20ClNO3S/c1-11(19)8-18-9-12-6-14(17)16(15(7-12)20-2)21-10-13-4-3-5-22-13/h3-7,11,18-19H,8-10H2,1-2H3/p+1/t11-/m0/s1. The highest BCUT2D eigenvalue weighted by molar-refractivity contribution is 7.09. The Balaban J connectivity index is 2.06. The normalized spacial score (nSPS) is 12.2. The van der Waals surface area contributed by atoms with E-state index >= 15 is 0 Å². The molecular formula is C16H21ClNO3S+. The number of rotatable bonds is 8. The second kappa shape index (κ2) is 8.39. The molecule has 0 fully saturated rings. The average molecular weight is 343 g/mol. The number of methoxy groups -OCH3 is 1. The number of nitrogens with two attached hydrogens (primary N) is 1. The molecule has 120 valence electrons. The van der Waals surface area contributed by atoms with E-state index in [1.807, 2.05) is 35.0 Å². The Kier molecular flexibility index (Phi) is 6.51. The number of halogens is 1. The minimum absolute atomic E-state index is 0.328. The highest BCUT2D eigenvalue weighted by Gasteiger charge is 2.13. The van der Waals surface area contributed by atoms with Crippen LogP contribution >= 0.6 is 22.9 Å². The van der Waals surface area contributed by atoms with Gasteiger partial charge in [-0.1, -0.05) is 17.7 Å². The molecule has 22 heavy (non-hydrogen) atoms. The fourth-order valence-corrected chi connectivity index (χ4v) is 2.96. The van der Waals surface area contributed by atoms with E-state index in [2.05, 4.69) is 0 Å². The minimum Gasteiger partial charge on any atom is -0.493 e. The van der Waals surface area contributed by atoms with Crippen LogP contribution < -0.4 is 14.8 Å². The lowest BCUT2D eigenvalue weighted by Gasteiger charge is -2.13. The van der Waals surface area contributed by atoms with Crippen LogP contribution in [0.1, 0.15) is 17.4 Å². The van der Waals surface area contributed by atoms with Crippen LogP contribution in [0.15, 0.2) is 29.6 Å². The van der Waals surface area contributed by atoms with Crippen molar-refractivity contribution in [2.45, 2.75) is 26.2 Å². The van der Waals surface area contributed by atoms with Gasteiger partial charge in [-0.25, -0.2) is 0 Å². The van der Waals surface area contributed by atoms with Crippen LogP contribution in [-0.2, 0) is 13.2 Å². The van der Waals surface area contributed by atoms with Gasteiger partial charge in [0.1, 0.15) is 19.7 Å². The van der Waals surface area contributed by atoms with Crippen molar-refractivity contribution in [2.24, 2.45) is 0 Å². The lowest BCUT2D eigenvalue weighted by Crippen LogP contribution is -2.84. The maximum Gasteiger partial charge on any atom is 0.180 e. The Labute approximate surface area is 139 Å². The second-order valence-corrected chi connectivity index (χ2v) is 6.49. The van der Waals surface area contributed by atoms with Gasteiger partial charge in [-0.3, -0.25) is 0 Å². The van der Waals surface area contributed by atoms with Gasteiger partial charge in [0.15, 0.2) is 11.5 Å². The quantitative estimate of drug-likeness (QED) is 0.774. The molecule has 0 radical (unpaired) electrons. The highest BCUT2D eigenvalue weighted by atomic mass is 35.5. The van der Waals surface area contributed by atoms with Crippen molar-refractivity contribution in [3.63, 3.8) is 0 Å². The van der Waals surface area contributed by atoms with E-state index < -0.39 is 0 Å². The van der Waals surface area contributed by atoms with Crippen LogP contribution in [0, 0.1) is 0 Å². The molecule has 1 atom stereocenters. The summed E-state index contributed by atoms with van der Waals surface area (Å²) in [6.07, 6.45) is -0.328. The maximum absolute atomic E-state index is 9.29. The van der Waals surface area contributed by atoms with Crippen LogP contribution in [0.5, 0.6) is 11.5 Å². The third kappa shape index (κ3) is 4.88. The van der Waals surface area contributed by atoms with Crippen molar-refractivity contribution in [2.75, 3.05) is 13.7 Å². The Hall–Kier alpha value is -1.27. The fraction of sp³-hybridized carbons (Fsp3) is 0.375. The molecule has 3 N–H and O–H groups in total. The van der Waals surface area contributed by atoms with Gasteiger partial charge >= 0.3 is 0 Å². The first kappa shape index (κ1) is 17.1. The molecule has 0 saturated carbocycles. The fourth-order valence-electron chi connectivity index (χ4n) is 2.06. The number of hydrogen-bond donors (Lipinski definition) is 2. The molecule has 1 aromatic heterocycles. The van der Waals surface area contributed by atoms with Crippen molar-refractivity contribution in [3.8, 4) is 11.5 Å². The summed E-state index contributed by atoms with van der Waals surface area (Å²) in [7, 11) is 1.60. The smallest absolute Gasteiger partial charge is 0.180 e. The van der Waals surface area contributed by atoms with E-state index in [4.69, 9.17) is 21.1 Å². The third-order valence-corrected chi connectivity index (χ3v) is 4.25. The van der Waals surface area contributed by atoms with Gasteiger partial charge in [-0.05, 0) is 30.5 Å². The molecule has 1 heterocycles. The first-order chi connectivity index (χ1) is 10.6. The SMILES string of the molecule is COc1cc(C[NH2+]C[C@H](C)O)cc(Cl)c1OCc1cccs1.